The molecule has 0 bridgehead atoms. The first-order valence-corrected chi connectivity index (χ1v) is 17.6. The zero-order chi connectivity index (χ0) is 36.0. The van der Waals surface area contributed by atoms with E-state index in [-0.39, 0.29) is 48.5 Å². The molecule has 3 fully saturated rings. The van der Waals surface area contributed by atoms with Gasteiger partial charge >= 0.3 is 12.1 Å². The summed E-state index contributed by atoms with van der Waals surface area (Å²) in [5.41, 5.74) is -1.58. The molecule has 4 amide bonds. The minimum absolute atomic E-state index is 0.0776. The van der Waals surface area contributed by atoms with Crippen LogP contribution in [0.2, 0.25) is 0 Å². The Morgan fingerprint density at radius 3 is 2.21 bits per heavy atom. The molecule has 2 unspecified atom stereocenters. The monoisotopic (exact) mass is 674 g/mol. The second kappa shape index (κ2) is 15.8. The smallest absolute Gasteiger partial charge is 0.408 e. The number of Topliss-reactive ketones (excluding diaryl/α,β-unsaturated/α-hetero) is 1. The quantitative estimate of drug-likeness (QED) is 0.132. The highest BCUT2D eigenvalue weighted by Crippen LogP contribution is 2.65. The van der Waals surface area contributed by atoms with Gasteiger partial charge < -0.3 is 30.3 Å². The number of esters is 1. The first-order chi connectivity index (χ1) is 22.3. The van der Waals surface area contributed by atoms with E-state index in [1.54, 1.807) is 45.6 Å². The lowest BCUT2D eigenvalue weighted by Gasteiger charge is -2.37. The third-order valence-electron chi connectivity index (χ3n) is 10.2. The number of fused-ring (bicyclic) bond motifs is 1. The number of likely N-dealkylation sites (tertiary alicyclic amines) is 1. The normalized spacial score (nSPS) is 23.2. The average molecular weight is 675 g/mol. The lowest BCUT2D eigenvalue weighted by molar-refractivity contribution is -0.156. The summed E-state index contributed by atoms with van der Waals surface area (Å²) >= 11 is 0. The molecule has 3 N–H and O–H groups in total. The number of amides is 4. The second-order valence-electron chi connectivity index (χ2n) is 15.8. The van der Waals surface area contributed by atoms with Gasteiger partial charge in [0.15, 0.2) is 0 Å². The molecule has 12 nitrogen and oxygen atoms in total. The zero-order valence-corrected chi connectivity index (χ0v) is 30.2. The van der Waals surface area contributed by atoms with Gasteiger partial charge in [-0.15, -0.1) is 6.58 Å². The van der Waals surface area contributed by atoms with Gasteiger partial charge in [-0.05, 0) is 89.9 Å². The number of hydrogen-bond acceptors (Lipinski definition) is 8. The number of ether oxygens (including phenoxy) is 2. The number of carbonyl (C=O) groups excluding carboxylic acids is 6. The molecular weight excluding hydrogens is 616 g/mol. The number of nitrogens with one attached hydrogen (secondary N) is 3. The fraction of sp³-hybridized carbons (Fsp3) is 0.778. The predicted molar refractivity (Wildman–Crippen MR) is 180 cm³/mol. The van der Waals surface area contributed by atoms with E-state index in [4.69, 9.17) is 9.47 Å². The molecule has 1 aliphatic heterocycles. The van der Waals surface area contributed by atoms with Crippen molar-refractivity contribution in [2.45, 2.75) is 143 Å². The topological polar surface area (TPSA) is 160 Å². The Bertz CT molecular complexity index is 1230. The fourth-order valence-electron chi connectivity index (χ4n) is 7.04. The van der Waals surface area contributed by atoms with Crippen molar-refractivity contribution < 1.29 is 38.2 Å². The van der Waals surface area contributed by atoms with Gasteiger partial charge in [0.05, 0.1) is 12.5 Å². The van der Waals surface area contributed by atoms with Crippen LogP contribution in [-0.4, -0.2) is 82.9 Å². The van der Waals surface area contributed by atoms with Crippen molar-refractivity contribution in [1.82, 2.24) is 20.9 Å². The van der Waals surface area contributed by atoms with Gasteiger partial charge in [-0.25, -0.2) is 4.79 Å². The molecular formula is C36H58N4O8. The molecule has 3 aliphatic rings. The van der Waals surface area contributed by atoms with E-state index in [1.165, 1.54) is 0 Å². The van der Waals surface area contributed by atoms with Crippen LogP contribution in [0.5, 0.6) is 0 Å². The van der Waals surface area contributed by atoms with Crippen molar-refractivity contribution in [2.75, 3.05) is 13.1 Å². The number of piperidine rings is 1. The molecule has 0 radical (unpaired) electrons. The molecule has 0 aromatic carbocycles. The van der Waals surface area contributed by atoms with Gasteiger partial charge in [0, 0.05) is 13.1 Å². The van der Waals surface area contributed by atoms with Crippen LogP contribution >= 0.6 is 0 Å². The van der Waals surface area contributed by atoms with Crippen LogP contribution in [0.1, 0.15) is 113 Å². The van der Waals surface area contributed by atoms with Gasteiger partial charge in [-0.2, -0.15) is 0 Å². The average Bonchev–Trinajstić information content (AvgIpc) is 3.32. The van der Waals surface area contributed by atoms with E-state index in [0.29, 0.717) is 19.4 Å². The van der Waals surface area contributed by atoms with Crippen molar-refractivity contribution in [3.8, 4) is 0 Å². The first-order valence-electron chi connectivity index (χ1n) is 17.6. The summed E-state index contributed by atoms with van der Waals surface area (Å²) in [6, 6.07) is -2.88. The number of allylic oxidation sites excluding steroid dienone is 1. The molecule has 5 atom stereocenters. The van der Waals surface area contributed by atoms with Gasteiger partial charge in [0.2, 0.25) is 17.6 Å². The number of alkyl carbamates (subject to hydrolysis) is 1. The van der Waals surface area contributed by atoms with E-state index in [1.807, 2.05) is 6.92 Å². The second-order valence-corrected chi connectivity index (χ2v) is 15.8. The van der Waals surface area contributed by atoms with Crippen molar-refractivity contribution >= 4 is 35.6 Å². The fourth-order valence-corrected chi connectivity index (χ4v) is 7.04. The van der Waals surface area contributed by atoms with E-state index in [0.717, 1.165) is 32.1 Å². The molecule has 1 heterocycles. The first kappa shape index (κ1) is 39.0. The Hall–Kier alpha value is -3.44. The number of rotatable bonds is 15. The van der Waals surface area contributed by atoms with E-state index in [9.17, 15) is 28.8 Å². The van der Waals surface area contributed by atoms with Gasteiger partial charge in [0.1, 0.15) is 23.3 Å². The Morgan fingerprint density at radius 2 is 1.62 bits per heavy atom. The molecule has 270 valence electrons. The summed E-state index contributed by atoms with van der Waals surface area (Å²) < 4.78 is 10.9. The number of nitrogens with zero attached hydrogens (tertiary/aromatic N) is 1. The summed E-state index contributed by atoms with van der Waals surface area (Å²) in [6.07, 6.45) is 6.42. The van der Waals surface area contributed by atoms with E-state index in [2.05, 4.69) is 36.4 Å². The highest BCUT2D eigenvalue weighted by molar-refractivity contribution is 6.38. The van der Waals surface area contributed by atoms with Crippen LogP contribution in [0.4, 0.5) is 4.79 Å². The highest BCUT2D eigenvalue weighted by Gasteiger charge is 2.69. The maximum atomic E-state index is 14.3. The van der Waals surface area contributed by atoms with Crippen LogP contribution in [-0.2, 0) is 33.4 Å². The lowest BCUT2D eigenvalue weighted by atomic mass is 9.83. The molecule has 48 heavy (non-hydrogen) atoms. The third kappa shape index (κ3) is 10.0. The number of carbonyl (C=O) groups is 6. The van der Waals surface area contributed by atoms with Crippen LogP contribution in [0.25, 0.3) is 0 Å². The number of hydrogen-bond donors (Lipinski definition) is 3. The van der Waals surface area contributed by atoms with Gasteiger partial charge in [0.25, 0.3) is 5.91 Å². The summed E-state index contributed by atoms with van der Waals surface area (Å²) in [5.74, 6) is -3.26. The zero-order valence-electron chi connectivity index (χ0n) is 30.2. The SMILES string of the molecule is C=CCC[C@@H](NC(=O)[C@@H]1C2C(CN1C(=O)[C@@H](NC(=O)OC(C)(C)C)C1CCCCC1)C2(C)C)C(=O)C(=O)NCCC(=O)OC(C)(C)CC. The molecule has 2 saturated carbocycles. The Kier molecular flexibility index (Phi) is 12.9. The Labute approximate surface area is 285 Å². The molecule has 0 aromatic rings. The summed E-state index contributed by atoms with van der Waals surface area (Å²) in [4.78, 5) is 81.2. The van der Waals surface area contributed by atoms with Crippen LogP contribution in [0.15, 0.2) is 12.7 Å². The van der Waals surface area contributed by atoms with E-state index >= 15 is 0 Å². The molecule has 1 saturated heterocycles. The van der Waals surface area contributed by atoms with Crippen molar-refractivity contribution in [3.63, 3.8) is 0 Å². The maximum Gasteiger partial charge on any atom is 0.408 e. The van der Waals surface area contributed by atoms with Crippen LogP contribution < -0.4 is 16.0 Å². The van der Waals surface area contributed by atoms with Gasteiger partial charge in [-0.1, -0.05) is 46.1 Å². The highest BCUT2D eigenvalue weighted by atomic mass is 16.6. The van der Waals surface area contributed by atoms with Crippen LogP contribution in [0, 0.1) is 23.2 Å². The Balaban J connectivity index is 1.76. The van der Waals surface area contributed by atoms with Crippen molar-refractivity contribution in [3.05, 3.63) is 12.7 Å². The molecule has 0 aromatic heterocycles. The van der Waals surface area contributed by atoms with Crippen molar-refractivity contribution in [1.29, 1.82) is 0 Å². The summed E-state index contributed by atoms with van der Waals surface area (Å²) in [6.45, 7) is 18.8. The minimum Gasteiger partial charge on any atom is -0.460 e. The standard InChI is InChI=1S/C36H58N4O8/c1-10-12-18-24(29(42)31(44)37-20-19-25(41)47-35(6,7)11-2)38-30(43)28-26-23(36(26,8)9)21-40(28)32(45)27(22-16-14-13-15-17-22)39-33(46)48-34(3,4)5/h10,22-24,26-28H,1,11-21H2,2-9H3,(H,37,44)(H,38,43)(H,39,46)/t23?,24-,26?,27+,28+/m1/s1. The van der Waals surface area contributed by atoms with Crippen LogP contribution in [0.3, 0.4) is 0 Å². The Morgan fingerprint density at radius 1 is 0.979 bits per heavy atom. The lowest BCUT2D eigenvalue weighted by Crippen LogP contribution is -2.59. The molecule has 3 rings (SSSR count). The summed E-state index contributed by atoms with van der Waals surface area (Å²) in [7, 11) is 0. The minimum atomic E-state index is -1.16. The molecule has 0 spiro atoms. The predicted octanol–water partition coefficient (Wildman–Crippen LogP) is 4.20. The molecule has 12 heteroatoms. The molecule has 2 aliphatic carbocycles. The maximum absolute atomic E-state index is 14.3. The van der Waals surface area contributed by atoms with Gasteiger partial charge in [-0.3, -0.25) is 24.0 Å². The number of ketones is 1. The third-order valence-corrected chi connectivity index (χ3v) is 10.2. The van der Waals surface area contributed by atoms with Crippen molar-refractivity contribution in [2.24, 2.45) is 23.2 Å². The largest absolute Gasteiger partial charge is 0.460 e. The van der Waals surface area contributed by atoms with E-state index < -0.39 is 59.0 Å². The summed E-state index contributed by atoms with van der Waals surface area (Å²) in [5, 5.41) is 8.10.